The van der Waals surface area contributed by atoms with Crippen molar-refractivity contribution in [2.45, 2.75) is 17.4 Å². The molecule has 10 heteroatoms. The number of aliphatic carboxylic acids is 1. The maximum absolute atomic E-state index is 11.9. The lowest BCUT2D eigenvalue weighted by Crippen LogP contribution is -2.43. The van der Waals surface area contributed by atoms with Crippen LogP contribution in [0.2, 0.25) is 5.15 Å². The Hall–Kier alpha value is -1.71. The molecule has 1 aromatic heterocycles. The molecule has 0 aliphatic rings. The van der Waals surface area contributed by atoms with E-state index >= 15 is 0 Å². The zero-order chi connectivity index (χ0) is 14.6. The Morgan fingerprint density at radius 3 is 2.63 bits per heavy atom. The van der Waals surface area contributed by atoms with Crippen LogP contribution in [-0.2, 0) is 19.6 Å². The van der Waals surface area contributed by atoms with Gasteiger partial charge in [0.1, 0.15) is 16.1 Å². The van der Waals surface area contributed by atoms with Crippen LogP contribution in [0.3, 0.4) is 0 Å². The SMILES string of the molecule is NC(=O)C[C@@H](NS(=O)(=O)c1cccnc1Cl)C(=O)O. The molecule has 0 bridgehead atoms. The first kappa shape index (κ1) is 15.3. The van der Waals surface area contributed by atoms with Gasteiger partial charge in [-0.05, 0) is 12.1 Å². The molecule has 19 heavy (non-hydrogen) atoms. The molecule has 1 rings (SSSR count). The molecular formula is C9H10ClN3O5S. The Bertz CT molecular complexity index is 604. The first-order valence-corrected chi connectivity index (χ1v) is 6.74. The minimum Gasteiger partial charge on any atom is -0.480 e. The monoisotopic (exact) mass is 307 g/mol. The molecule has 0 aliphatic carbocycles. The van der Waals surface area contributed by atoms with E-state index in [2.05, 4.69) is 4.98 Å². The van der Waals surface area contributed by atoms with Gasteiger partial charge in [0.05, 0.1) is 6.42 Å². The van der Waals surface area contributed by atoms with Crippen molar-refractivity contribution in [1.82, 2.24) is 9.71 Å². The number of halogens is 1. The highest BCUT2D eigenvalue weighted by atomic mass is 35.5. The van der Waals surface area contributed by atoms with Crippen molar-refractivity contribution in [3.8, 4) is 0 Å². The zero-order valence-electron chi connectivity index (χ0n) is 9.41. The second kappa shape index (κ2) is 5.95. The van der Waals surface area contributed by atoms with Crippen LogP contribution in [0.25, 0.3) is 0 Å². The molecule has 8 nitrogen and oxygen atoms in total. The average molecular weight is 308 g/mol. The molecule has 1 heterocycles. The maximum atomic E-state index is 11.9. The number of carboxylic acids is 1. The molecule has 0 spiro atoms. The number of aromatic nitrogens is 1. The summed E-state index contributed by atoms with van der Waals surface area (Å²) in [6.07, 6.45) is 0.603. The Balaban J connectivity index is 3.04. The standard InChI is InChI=1S/C9H10ClN3O5S/c10-8-6(2-1-3-12-8)19(17,18)13-5(9(15)16)4-7(11)14/h1-3,5,13H,4H2,(H2,11,14)(H,15,16)/t5-/m1/s1. The number of amides is 1. The summed E-state index contributed by atoms with van der Waals surface area (Å²) in [6, 6.07) is 0.810. The van der Waals surface area contributed by atoms with Crippen molar-refractivity contribution in [3.05, 3.63) is 23.5 Å². The molecule has 4 N–H and O–H groups in total. The topological polar surface area (TPSA) is 139 Å². The molecule has 0 aliphatic heterocycles. The van der Waals surface area contributed by atoms with Crippen molar-refractivity contribution in [2.75, 3.05) is 0 Å². The molecule has 1 atom stereocenters. The number of carbonyl (C=O) groups is 2. The average Bonchev–Trinajstić information content (AvgIpc) is 2.27. The lowest BCUT2D eigenvalue weighted by molar-refractivity contribution is -0.140. The van der Waals surface area contributed by atoms with Gasteiger partial charge >= 0.3 is 5.97 Å². The van der Waals surface area contributed by atoms with E-state index in [1.165, 1.54) is 12.3 Å². The molecule has 0 fully saturated rings. The highest BCUT2D eigenvalue weighted by molar-refractivity contribution is 7.89. The van der Waals surface area contributed by atoms with Gasteiger partial charge in [-0.2, -0.15) is 4.72 Å². The van der Waals surface area contributed by atoms with E-state index in [9.17, 15) is 18.0 Å². The van der Waals surface area contributed by atoms with Gasteiger partial charge in [-0.25, -0.2) is 13.4 Å². The van der Waals surface area contributed by atoms with Gasteiger partial charge in [0.15, 0.2) is 0 Å². The van der Waals surface area contributed by atoms with Crippen LogP contribution < -0.4 is 10.5 Å². The Morgan fingerprint density at radius 2 is 2.16 bits per heavy atom. The van der Waals surface area contributed by atoms with Crippen molar-refractivity contribution in [1.29, 1.82) is 0 Å². The number of pyridine rings is 1. The Morgan fingerprint density at radius 1 is 1.53 bits per heavy atom. The predicted molar refractivity (Wildman–Crippen MR) is 64.8 cm³/mol. The summed E-state index contributed by atoms with van der Waals surface area (Å²) in [5.41, 5.74) is 4.84. The third-order valence-corrected chi connectivity index (χ3v) is 3.93. The molecule has 0 aromatic carbocycles. The molecule has 0 saturated carbocycles. The largest absolute Gasteiger partial charge is 0.480 e. The van der Waals surface area contributed by atoms with Gasteiger partial charge < -0.3 is 10.8 Å². The summed E-state index contributed by atoms with van der Waals surface area (Å²) in [5, 5.41) is 8.51. The van der Waals surface area contributed by atoms with Crippen molar-refractivity contribution in [2.24, 2.45) is 5.73 Å². The molecule has 1 amide bonds. The maximum Gasteiger partial charge on any atom is 0.322 e. The van der Waals surface area contributed by atoms with Crippen LogP contribution in [0.4, 0.5) is 0 Å². The summed E-state index contributed by atoms with van der Waals surface area (Å²) in [6.45, 7) is 0. The normalized spacial score (nSPS) is 12.9. The first-order valence-electron chi connectivity index (χ1n) is 4.88. The number of carboxylic acid groups (broad SMARTS) is 1. The highest BCUT2D eigenvalue weighted by Crippen LogP contribution is 2.18. The van der Waals surface area contributed by atoms with Crippen LogP contribution >= 0.6 is 11.6 Å². The third kappa shape index (κ3) is 4.16. The van der Waals surface area contributed by atoms with Gasteiger partial charge in [0.2, 0.25) is 15.9 Å². The van der Waals surface area contributed by atoms with Crippen molar-refractivity contribution >= 4 is 33.5 Å². The van der Waals surface area contributed by atoms with E-state index in [1.54, 1.807) is 0 Å². The number of hydrogen-bond acceptors (Lipinski definition) is 5. The number of nitrogens with two attached hydrogens (primary N) is 1. The van der Waals surface area contributed by atoms with E-state index in [0.29, 0.717) is 0 Å². The number of sulfonamides is 1. The van der Waals surface area contributed by atoms with E-state index in [4.69, 9.17) is 22.4 Å². The van der Waals surface area contributed by atoms with Crippen LogP contribution in [0.1, 0.15) is 6.42 Å². The Labute approximate surface area is 113 Å². The first-order chi connectivity index (χ1) is 8.74. The fourth-order valence-corrected chi connectivity index (χ4v) is 2.84. The fraction of sp³-hybridized carbons (Fsp3) is 0.222. The lowest BCUT2D eigenvalue weighted by Gasteiger charge is -2.13. The van der Waals surface area contributed by atoms with Crippen molar-refractivity contribution < 1.29 is 23.1 Å². The van der Waals surface area contributed by atoms with E-state index in [0.717, 1.165) is 6.07 Å². The van der Waals surface area contributed by atoms with Gasteiger partial charge in [-0.15, -0.1) is 0 Å². The fourth-order valence-electron chi connectivity index (χ4n) is 1.20. The van der Waals surface area contributed by atoms with Gasteiger partial charge in [0.25, 0.3) is 0 Å². The summed E-state index contributed by atoms with van der Waals surface area (Å²) in [4.78, 5) is 24.7. The number of primary amides is 1. The number of nitrogens with one attached hydrogen (secondary N) is 1. The minimum atomic E-state index is -4.21. The molecule has 0 saturated heterocycles. The summed E-state index contributed by atoms with van der Waals surface area (Å²) < 4.78 is 25.6. The van der Waals surface area contributed by atoms with E-state index < -0.39 is 34.4 Å². The minimum absolute atomic E-state index is 0.307. The van der Waals surface area contributed by atoms with Crippen LogP contribution in [0.15, 0.2) is 23.2 Å². The molecule has 1 aromatic rings. The van der Waals surface area contributed by atoms with Gasteiger partial charge in [0, 0.05) is 6.20 Å². The molecule has 0 radical (unpaired) electrons. The van der Waals surface area contributed by atoms with Crippen LogP contribution in [0.5, 0.6) is 0 Å². The van der Waals surface area contributed by atoms with Gasteiger partial charge in [-0.3, -0.25) is 9.59 Å². The lowest BCUT2D eigenvalue weighted by atomic mass is 10.2. The van der Waals surface area contributed by atoms with Gasteiger partial charge in [-0.1, -0.05) is 11.6 Å². The number of nitrogens with zero attached hydrogens (tertiary/aromatic N) is 1. The van der Waals surface area contributed by atoms with Crippen LogP contribution in [-0.4, -0.2) is 36.4 Å². The van der Waals surface area contributed by atoms with Crippen molar-refractivity contribution in [3.63, 3.8) is 0 Å². The number of carbonyl (C=O) groups excluding carboxylic acids is 1. The summed E-state index contributed by atoms with van der Waals surface area (Å²) in [5.74, 6) is -2.48. The summed E-state index contributed by atoms with van der Waals surface area (Å²) >= 11 is 5.61. The summed E-state index contributed by atoms with van der Waals surface area (Å²) in [7, 11) is -4.21. The second-order valence-corrected chi connectivity index (χ2v) is 5.52. The highest BCUT2D eigenvalue weighted by Gasteiger charge is 2.28. The number of rotatable bonds is 6. The van der Waals surface area contributed by atoms with E-state index in [1.807, 2.05) is 4.72 Å². The molecular weight excluding hydrogens is 298 g/mol. The number of hydrogen-bond donors (Lipinski definition) is 3. The quantitative estimate of drug-likeness (QED) is 0.596. The third-order valence-electron chi connectivity index (χ3n) is 2.02. The molecule has 0 unspecified atom stereocenters. The predicted octanol–water partition coefficient (Wildman–Crippen LogP) is -0.658. The smallest absolute Gasteiger partial charge is 0.322 e. The Kier molecular flexibility index (Phi) is 4.81. The second-order valence-electron chi connectivity index (χ2n) is 3.47. The molecule has 104 valence electrons. The van der Waals surface area contributed by atoms with Crippen LogP contribution in [0, 0.1) is 0 Å². The zero-order valence-corrected chi connectivity index (χ0v) is 11.0. The van der Waals surface area contributed by atoms with E-state index in [-0.39, 0.29) is 10.0 Å².